The largest absolute Gasteiger partial charge is 0.367 e. The second-order valence-electron chi connectivity index (χ2n) is 3.60. The molecular weight excluding hydrogens is 222 g/mol. The molecule has 0 radical (unpaired) electrons. The van der Waals surface area contributed by atoms with E-state index in [1.165, 1.54) is 18.5 Å². The zero-order valence-corrected chi connectivity index (χ0v) is 9.40. The van der Waals surface area contributed by atoms with Crippen molar-refractivity contribution in [1.29, 1.82) is 0 Å². The van der Waals surface area contributed by atoms with Gasteiger partial charge in [-0.1, -0.05) is 5.16 Å². The van der Waals surface area contributed by atoms with Gasteiger partial charge in [0.05, 0.1) is 5.69 Å². The third-order valence-corrected chi connectivity index (χ3v) is 2.45. The van der Waals surface area contributed by atoms with E-state index in [1.807, 2.05) is 0 Å². The summed E-state index contributed by atoms with van der Waals surface area (Å²) >= 11 is 0. The smallest absolute Gasteiger partial charge is 0.263 e. The number of carbonyl (C=O) groups is 1. The fraction of sp³-hybridized carbons (Fsp3) is 0.182. The number of hydrogen-bond acceptors (Lipinski definition) is 4. The van der Waals surface area contributed by atoms with Gasteiger partial charge in [0.2, 0.25) is 5.88 Å². The summed E-state index contributed by atoms with van der Waals surface area (Å²) in [6.07, 6.45) is 2.80. The minimum Gasteiger partial charge on any atom is -0.367 e. The first kappa shape index (κ1) is 11.1. The number of H-pyrrole nitrogens is 1. The van der Waals surface area contributed by atoms with Crippen molar-refractivity contribution < 1.29 is 9.32 Å². The molecule has 0 bridgehead atoms. The van der Waals surface area contributed by atoms with Crippen molar-refractivity contribution in [3.05, 3.63) is 45.5 Å². The van der Waals surface area contributed by atoms with E-state index in [1.54, 1.807) is 13.8 Å². The molecule has 6 heteroatoms. The predicted molar refractivity (Wildman–Crippen MR) is 61.0 cm³/mol. The molecule has 0 aliphatic carbocycles. The van der Waals surface area contributed by atoms with Crippen LogP contribution in [-0.4, -0.2) is 16.0 Å². The molecule has 0 aliphatic heterocycles. The molecule has 17 heavy (non-hydrogen) atoms. The van der Waals surface area contributed by atoms with Crippen LogP contribution in [0.1, 0.15) is 21.6 Å². The van der Waals surface area contributed by atoms with Crippen LogP contribution in [0.15, 0.2) is 27.8 Å². The van der Waals surface area contributed by atoms with Crippen LogP contribution < -0.4 is 10.7 Å². The number of hydrogen-bond donors (Lipinski definition) is 2. The quantitative estimate of drug-likeness (QED) is 0.816. The van der Waals surface area contributed by atoms with E-state index in [9.17, 15) is 9.59 Å². The van der Waals surface area contributed by atoms with Gasteiger partial charge < -0.3 is 9.51 Å². The molecule has 2 aromatic rings. The molecule has 0 saturated heterocycles. The van der Waals surface area contributed by atoms with Crippen molar-refractivity contribution in [2.24, 2.45) is 0 Å². The second-order valence-corrected chi connectivity index (χ2v) is 3.60. The maximum Gasteiger partial charge on any atom is 0.263 e. The third-order valence-electron chi connectivity index (χ3n) is 2.45. The minimum atomic E-state index is -0.522. The monoisotopic (exact) mass is 233 g/mol. The Morgan fingerprint density at radius 2 is 2.24 bits per heavy atom. The van der Waals surface area contributed by atoms with Crippen LogP contribution in [0.2, 0.25) is 0 Å². The molecule has 2 rings (SSSR count). The number of aromatic amines is 1. The number of aromatic nitrogens is 2. The number of aryl methyl sites for hydroxylation is 1. The summed E-state index contributed by atoms with van der Waals surface area (Å²) in [5.41, 5.74) is 1.11. The highest BCUT2D eigenvalue weighted by molar-refractivity contribution is 6.03. The first-order valence-electron chi connectivity index (χ1n) is 5.01. The molecule has 0 unspecified atom stereocenters. The lowest BCUT2D eigenvalue weighted by molar-refractivity contribution is 0.102. The van der Waals surface area contributed by atoms with Crippen LogP contribution in [0.5, 0.6) is 0 Å². The fourth-order valence-corrected chi connectivity index (χ4v) is 1.30. The van der Waals surface area contributed by atoms with Crippen molar-refractivity contribution >= 4 is 11.8 Å². The van der Waals surface area contributed by atoms with Crippen molar-refractivity contribution in [1.82, 2.24) is 10.1 Å². The standard InChI is InChI=1S/C11H11N3O3/c1-6-7(2)14-17-11(6)13-10(16)8-5-12-4-3-9(8)15/h3-5H,1-2H3,(H,12,15)(H,13,16). The van der Waals surface area contributed by atoms with Gasteiger partial charge in [-0.2, -0.15) is 0 Å². The van der Waals surface area contributed by atoms with Gasteiger partial charge in [-0.25, -0.2) is 0 Å². The minimum absolute atomic E-state index is 0.0287. The first-order chi connectivity index (χ1) is 8.09. The highest BCUT2D eigenvalue weighted by Crippen LogP contribution is 2.17. The van der Waals surface area contributed by atoms with E-state index in [-0.39, 0.29) is 16.9 Å². The van der Waals surface area contributed by atoms with Crippen molar-refractivity contribution in [3.8, 4) is 0 Å². The van der Waals surface area contributed by atoms with Crippen LogP contribution in [-0.2, 0) is 0 Å². The summed E-state index contributed by atoms with van der Waals surface area (Å²) in [5.74, 6) is -0.262. The van der Waals surface area contributed by atoms with Crippen molar-refractivity contribution in [2.75, 3.05) is 5.32 Å². The van der Waals surface area contributed by atoms with Crippen LogP contribution in [0.25, 0.3) is 0 Å². The number of rotatable bonds is 2. The van der Waals surface area contributed by atoms with Gasteiger partial charge in [-0.3, -0.25) is 14.9 Å². The highest BCUT2D eigenvalue weighted by Gasteiger charge is 2.15. The van der Waals surface area contributed by atoms with E-state index in [2.05, 4.69) is 15.5 Å². The zero-order valence-electron chi connectivity index (χ0n) is 9.40. The Labute approximate surface area is 96.6 Å². The zero-order chi connectivity index (χ0) is 12.4. The Balaban J connectivity index is 2.27. The van der Waals surface area contributed by atoms with Crippen LogP contribution in [0.3, 0.4) is 0 Å². The average molecular weight is 233 g/mol. The summed E-state index contributed by atoms with van der Waals surface area (Å²) in [5, 5.41) is 6.21. The molecule has 6 nitrogen and oxygen atoms in total. The van der Waals surface area contributed by atoms with Gasteiger partial charge in [-0.05, 0) is 13.8 Å². The van der Waals surface area contributed by atoms with Crippen molar-refractivity contribution in [3.63, 3.8) is 0 Å². The van der Waals surface area contributed by atoms with Crippen LogP contribution in [0.4, 0.5) is 5.88 Å². The van der Waals surface area contributed by atoms with Gasteiger partial charge in [0.15, 0.2) is 5.43 Å². The van der Waals surface area contributed by atoms with E-state index < -0.39 is 5.91 Å². The summed E-state index contributed by atoms with van der Waals surface area (Å²) in [6, 6.07) is 1.29. The van der Waals surface area contributed by atoms with E-state index in [4.69, 9.17) is 4.52 Å². The second kappa shape index (κ2) is 4.25. The molecule has 0 saturated carbocycles. The molecule has 1 amide bonds. The number of pyridine rings is 1. The SMILES string of the molecule is Cc1noc(NC(=O)c2c[nH]ccc2=O)c1C. The van der Waals surface area contributed by atoms with Gasteiger partial charge in [0.25, 0.3) is 5.91 Å². The number of nitrogens with one attached hydrogen (secondary N) is 2. The van der Waals surface area contributed by atoms with E-state index in [0.29, 0.717) is 5.69 Å². The van der Waals surface area contributed by atoms with Gasteiger partial charge in [0.1, 0.15) is 5.56 Å². The van der Waals surface area contributed by atoms with Crippen molar-refractivity contribution in [2.45, 2.75) is 13.8 Å². The summed E-state index contributed by atoms with van der Waals surface area (Å²) < 4.78 is 4.93. The Kier molecular flexibility index (Phi) is 2.78. The molecule has 0 aromatic carbocycles. The fourth-order valence-electron chi connectivity index (χ4n) is 1.30. The lowest BCUT2D eigenvalue weighted by Crippen LogP contribution is -2.20. The maximum atomic E-state index is 11.8. The van der Waals surface area contributed by atoms with E-state index in [0.717, 1.165) is 5.56 Å². The lowest BCUT2D eigenvalue weighted by Gasteiger charge is -2.00. The summed E-state index contributed by atoms with van der Waals surface area (Å²) in [4.78, 5) is 25.9. The molecular formula is C11H11N3O3. The number of carbonyl (C=O) groups excluding carboxylic acids is 1. The molecule has 0 atom stereocenters. The Bertz CT molecular complexity index is 612. The number of nitrogens with zero attached hydrogens (tertiary/aromatic N) is 1. The number of anilines is 1. The molecule has 0 aliphatic rings. The predicted octanol–water partition coefficient (Wildman–Crippen LogP) is 1.23. The lowest BCUT2D eigenvalue weighted by atomic mass is 10.2. The Morgan fingerprint density at radius 1 is 1.47 bits per heavy atom. The molecule has 88 valence electrons. The van der Waals surface area contributed by atoms with Gasteiger partial charge in [0, 0.05) is 24.0 Å². The number of amides is 1. The van der Waals surface area contributed by atoms with E-state index >= 15 is 0 Å². The highest BCUT2D eigenvalue weighted by atomic mass is 16.5. The first-order valence-corrected chi connectivity index (χ1v) is 5.01. The molecule has 2 aromatic heterocycles. The molecule has 2 N–H and O–H groups in total. The van der Waals surface area contributed by atoms with Crippen LogP contribution in [0, 0.1) is 13.8 Å². The topological polar surface area (TPSA) is 88.0 Å². The van der Waals surface area contributed by atoms with Crippen LogP contribution >= 0.6 is 0 Å². The Hall–Kier alpha value is -2.37. The molecule has 0 fully saturated rings. The normalized spacial score (nSPS) is 10.2. The average Bonchev–Trinajstić information content (AvgIpc) is 2.61. The van der Waals surface area contributed by atoms with Gasteiger partial charge in [-0.15, -0.1) is 0 Å². The Morgan fingerprint density at radius 3 is 2.82 bits per heavy atom. The molecule has 2 heterocycles. The third kappa shape index (κ3) is 2.10. The summed E-state index contributed by atoms with van der Waals surface area (Å²) in [6.45, 7) is 3.54. The van der Waals surface area contributed by atoms with Gasteiger partial charge >= 0.3 is 0 Å². The maximum absolute atomic E-state index is 11.8. The summed E-state index contributed by atoms with van der Waals surface area (Å²) in [7, 11) is 0. The molecule has 0 spiro atoms.